The highest BCUT2D eigenvalue weighted by Crippen LogP contribution is 2.34. The molecule has 0 aliphatic carbocycles. The molecule has 1 heterocycles. The van der Waals surface area contributed by atoms with E-state index in [1.54, 1.807) is 0 Å². The van der Waals surface area contributed by atoms with Gasteiger partial charge in [-0.25, -0.2) is 0 Å². The number of hydrogen-bond donors (Lipinski definition) is 1. The van der Waals surface area contributed by atoms with Gasteiger partial charge in [-0.3, -0.25) is 0 Å². The predicted octanol–water partition coefficient (Wildman–Crippen LogP) is 3.80. The Morgan fingerprint density at radius 2 is 1.59 bits per heavy atom. The van der Waals surface area contributed by atoms with Gasteiger partial charge in [0, 0.05) is 17.4 Å². The molecule has 0 amide bonds. The summed E-state index contributed by atoms with van der Waals surface area (Å²) in [5.41, 5.74) is 2.05. The zero-order valence-electron chi connectivity index (χ0n) is 8.64. The first-order chi connectivity index (χ1) is 7.92. The largest absolute Gasteiger partial charge is 0.454 e. The fourth-order valence-electron chi connectivity index (χ4n) is 1.66. The van der Waals surface area contributed by atoms with Crippen molar-refractivity contribution in [3.8, 4) is 11.5 Å². The van der Waals surface area contributed by atoms with E-state index >= 15 is 0 Å². The van der Waals surface area contributed by atoms with E-state index in [0.29, 0.717) is 6.79 Å². The van der Waals surface area contributed by atoms with Crippen LogP contribution in [0.5, 0.6) is 11.5 Å². The van der Waals surface area contributed by atoms with Crippen LogP contribution < -0.4 is 14.8 Å². The van der Waals surface area contributed by atoms with E-state index in [4.69, 9.17) is 9.47 Å². The maximum atomic E-state index is 5.31. The molecular formula is C14H15NO2. The lowest BCUT2D eigenvalue weighted by Gasteiger charge is -2.06. The summed E-state index contributed by atoms with van der Waals surface area (Å²) in [5, 5.41) is 3.30. The first-order valence-electron chi connectivity index (χ1n) is 5.13. The van der Waals surface area contributed by atoms with Crippen LogP contribution in [-0.4, -0.2) is 6.79 Å². The Labute approximate surface area is 101 Å². The van der Waals surface area contributed by atoms with E-state index in [2.05, 4.69) is 5.32 Å². The maximum Gasteiger partial charge on any atom is 0.231 e. The molecule has 2 aromatic carbocycles. The van der Waals surface area contributed by atoms with Gasteiger partial charge in [-0.1, -0.05) is 25.6 Å². The molecule has 0 fully saturated rings. The van der Waals surface area contributed by atoms with Crippen LogP contribution >= 0.6 is 0 Å². The van der Waals surface area contributed by atoms with E-state index in [-0.39, 0.29) is 7.43 Å². The molecule has 0 atom stereocenters. The zero-order valence-corrected chi connectivity index (χ0v) is 8.64. The maximum absolute atomic E-state index is 5.31. The van der Waals surface area contributed by atoms with Gasteiger partial charge in [0.2, 0.25) is 6.79 Å². The normalized spacial score (nSPS) is 11.8. The third kappa shape index (κ3) is 2.33. The molecule has 1 aliphatic rings. The predicted molar refractivity (Wildman–Crippen MR) is 69.0 cm³/mol. The number of fused-ring (bicyclic) bond motifs is 1. The molecule has 2 aromatic rings. The lowest BCUT2D eigenvalue weighted by molar-refractivity contribution is 0.174. The molecule has 17 heavy (non-hydrogen) atoms. The van der Waals surface area contributed by atoms with E-state index in [0.717, 1.165) is 22.9 Å². The average molecular weight is 229 g/mol. The molecule has 0 bridgehead atoms. The molecule has 3 nitrogen and oxygen atoms in total. The van der Waals surface area contributed by atoms with Crippen molar-refractivity contribution < 1.29 is 9.47 Å². The molecule has 1 N–H and O–H groups in total. The van der Waals surface area contributed by atoms with E-state index in [1.807, 2.05) is 48.5 Å². The fraction of sp³-hybridized carbons (Fsp3) is 0.143. The number of hydrogen-bond acceptors (Lipinski definition) is 3. The van der Waals surface area contributed by atoms with Crippen molar-refractivity contribution in [3.05, 3.63) is 48.5 Å². The van der Waals surface area contributed by atoms with Gasteiger partial charge in [-0.05, 0) is 24.3 Å². The molecule has 88 valence electrons. The van der Waals surface area contributed by atoms with Gasteiger partial charge in [-0.2, -0.15) is 0 Å². The number of rotatable bonds is 2. The van der Waals surface area contributed by atoms with E-state index in [9.17, 15) is 0 Å². The smallest absolute Gasteiger partial charge is 0.231 e. The van der Waals surface area contributed by atoms with Gasteiger partial charge >= 0.3 is 0 Å². The third-order valence-electron chi connectivity index (χ3n) is 2.44. The summed E-state index contributed by atoms with van der Waals surface area (Å²) >= 11 is 0. The Kier molecular flexibility index (Phi) is 3.19. The van der Waals surface area contributed by atoms with Crippen LogP contribution in [0.4, 0.5) is 11.4 Å². The summed E-state index contributed by atoms with van der Waals surface area (Å²) in [6, 6.07) is 15.8. The number of ether oxygens (including phenoxy) is 2. The molecule has 0 radical (unpaired) electrons. The van der Waals surface area contributed by atoms with Crippen LogP contribution in [0.3, 0.4) is 0 Å². The highest BCUT2D eigenvalue weighted by Gasteiger charge is 2.12. The molecule has 0 aromatic heterocycles. The van der Waals surface area contributed by atoms with Gasteiger partial charge in [0.25, 0.3) is 0 Å². The Balaban J connectivity index is 0.00000108. The first kappa shape index (κ1) is 11.3. The van der Waals surface area contributed by atoms with Crippen molar-refractivity contribution in [2.75, 3.05) is 12.1 Å². The second kappa shape index (κ2) is 4.78. The molecule has 3 heteroatoms. The van der Waals surface area contributed by atoms with Crippen molar-refractivity contribution >= 4 is 11.4 Å². The number of anilines is 2. The molecule has 0 saturated carbocycles. The Morgan fingerprint density at radius 3 is 2.41 bits per heavy atom. The van der Waals surface area contributed by atoms with Gasteiger partial charge in [0.05, 0.1) is 0 Å². The molecule has 1 aliphatic heterocycles. The summed E-state index contributed by atoms with van der Waals surface area (Å²) in [6.45, 7) is 0.310. The number of para-hydroxylation sites is 1. The summed E-state index contributed by atoms with van der Waals surface area (Å²) in [7, 11) is 0. The number of benzene rings is 2. The molecule has 0 spiro atoms. The first-order valence-corrected chi connectivity index (χ1v) is 5.13. The van der Waals surface area contributed by atoms with Gasteiger partial charge in [0.15, 0.2) is 11.5 Å². The van der Waals surface area contributed by atoms with E-state index in [1.165, 1.54) is 0 Å². The summed E-state index contributed by atoms with van der Waals surface area (Å²) in [6.07, 6.45) is 0. The van der Waals surface area contributed by atoms with Crippen molar-refractivity contribution in [1.29, 1.82) is 0 Å². The van der Waals surface area contributed by atoms with Gasteiger partial charge in [-0.15, -0.1) is 0 Å². The second-order valence-electron chi connectivity index (χ2n) is 3.56. The Morgan fingerprint density at radius 1 is 0.824 bits per heavy atom. The summed E-state index contributed by atoms with van der Waals surface area (Å²) < 4.78 is 10.6. The van der Waals surface area contributed by atoms with Crippen LogP contribution in [0.1, 0.15) is 7.43 Å². The zero-order chi connectivity index (χ0) is 10.8. The quantitative estimate of drug-likeness (QED) is 0.849. The standard InChI is InChI=1S/C13H11NO2.CH4/c1-2-4-10(5-3-1)14-11-6-7-12-13(8-11)16-9-15-12;/h1-8,14H,9H2;1H4. The average Bonchev–Trinajstić information content (AvgIpc) is 2.77. The van der Waals surface area contributed by atoms with Crippen LogP contribution in [0.15, 0.2) is 48.5 Å². The molecule has 0 saturated heterocycles. The SMILES string of the molecule is C.c1ccc(Nc2ccc3c(c2)OCO3)cc1. The van der Waals surface area contributed by atoms with Crippen molar-refractivity contribution in [3.63, 3.8) is 0 Å². The monoisotopic (exact) mass is 229 g/mol. The van der Waals surface area contributed by atoms with Crippen LogP contribution in [0, 0.1) is 0 Å². The highest BCUT2D eigenvalue weighted by molar-refractivity contribution is 5.63. The highest BCUT2D eigenvalue weighted by atomic mass is 16.7. The summed E-state index contributed by atoms with van der Waals surface area (Å²) in [5.74, 6) is 1.60. The number of nitrogens with one attached hydrogen (secondary N) is 1. The van der Waals surface area contributed by atoms with Crippen molar-refractivity contribution in [2.24, 2.45) is 0 Å². The van der Waals surface area contributed by atoms with Crippen LogP contribution in [0.25, 0.3) is 0 Å². The van der Waals surface area contributed by atoms with E-state index < -0.39 is 0 Å². The fourth-order valence-corrected chi connectivity index (χ4v) is 1.66. The van der Waals surface area contributed by atoms with Gasteiger partial charge in [0.1, 0.15) is 0 Å². The van der Waals surface area contributed by atoms with Gasteiger partial charge < -0.3 is 14.8 Å². The topological polar surface area (TPSA) is 30.5 Å². The minimum atomic E-state index is 0. The second-order valence-corrected chi connectivity index (χ2v) is 3.56. The Bertz CT molecular complexity index is 497. The van der Waals surface area contributed by atoms with Crippen LogP contribution in [0.2, 0.25) is 0 Å². The lowest BCUT2D eigenvalue weighted by Crippen LogP contribution is -1.93. The summed E-state index contributed by atoms with van der Waals surface area (Å²) in [4.78, 5) is 0. The Hall–Kier alpha value is -2.16. The van der Waals surface area contributed by atoms with Crippen molar-refractivity contribution in [2.45, 2.75) is 7.43 Å². The lowest BCUT2D eigenvalue weighted by atomic mass is 10.2. The van der Waals surface area contributed by atoms with Crippen molar-refractivity contribution in [1.82, 2.24) is 0 Å². The molecule has 0 unspecified atom stereocenters. The minimum Gasteiger partial charge on any atom is -0.454 e. The third-order valence-corrected chi connectivity index (χ3v) is 2.44. The molecule has 3 rings (SSSR count). The minimum absolute atomic E-state index is 0. The molecular weight excluding hydrogens is 214 g/mol. The van der Waals surface area contributed by atoms with Crippen LogP contribution in [-0.2, 0) is 0 Å².